The van der Waals surface area contributed by atoms with E-state index in [9.17, 15) is 9.59 Å². The zero-order chi connectivity index (χ0) is 14.5. The van der Waals surface area contributed by atoms with Crippen LogP contribution in [0.15, 0.2) is 0 Å². The molecule has 1 saturated carbocycles. The molecular weight excluding hydrogens is 240 g/mol. The zero-order valence-electron chi connectivity index (χ0n) is 10.9. The molecule has 1 aliphatic rings. The number of carboxylic acid groups (broad SMARTS) is 2. The zero-order valence-corrected chi connectivity index (χ0v) is 10.9. The van der Waals surface area contributed by atoms with Crippen molar-refractivity contribution in [3.63, 3.8) is 0 Å². The van der Waals surface area contributed by atoms with Gasteiger partial charge in [0.05, 0.1) is 6.10 Å². The molecule has 0 amide bonds. The summed E-state index contributed by atoms with van der Waals surface area (Å²) in [6, 6.07) is -0.950. The van der Waals surface area contributed by atoms with Crippen LogP contribution in [-0.2, 0) is 9.59 Å². The molecule has 7 nitrogen and oxygen atoms in total. The minimum atomic E-state index is -1.18. The molecule has 1 aliphatic carbocycles. The Hall–Kier alpha value is -1.18. The molecule has 0 heterocycles. The first-order chi connectivity index (χ1) is 8.18. The van der Waals surface area contributed by atoms with Gasteiger partial charge in [0.2, 0.25) is 0 Å². The van der Waals surface area contributed by atoms with Crippen LogP contribution < -0.4 is 5.73 Å². The summed E-state index contributed by atoms with van der Waals surface area (Å²) in [5.41, 5.74) is 4.91. The van der Waals surface area contributed by atoms with Gasteiger partial charge in [-0.2, -0.15) is 0 Å². The van der Waals surface area contributed by atoms with Gasteiger partial charge in [0.15, 0.2) is 0 Å². The van der Waals surface area contributed by atoms with E-state index in [4.69, 9.17) is 21.1 Å². The Bertz CT molecular complexity index is 291. The van der Waals surface area contributed by atoms with Crippen molar-refractivity contribution in [1.29, 1.82) is 0 Å². The number of carbonyl (C=O) groups is 2. The molecule has 0 saturated heterocycles. The second-order valence-corrected chi connectivity index (χ2v) is 4.52. The van der Waals surface area contributed by atoms with E-state index >= 15 is 0 Å². The van der Waals surface area contributed by atoms with E-state index in [1.807, 2.05) is 11.9 Å². The lowest BCUT2D eigenvalue weighted by atomic mass is 10.2. The summed E-state index contributed by atoms with van der Waals surface area (Å²) in [4.78, 5) is 22.2. The number of likely N-dealkylation sites (N-methyl/N-ethyl adjacent to an activating group) is 1. The topological polar surface area (TPSA) is 124 Å². The van der Waals surface area contributed by atoms with Crippen molar-refractivity contribution in [2.24, 2.45) is 5.73 Å². The highest BCUT2D eigenvalue weighted by molar-refractivity contribution is 5.73. The highest BCUT2D eigenvalue weighted by Crippen LogP contribution is 2.26. The van der Waals surface area contributed by atoms with Crippen LogP contribution in [-0.4, -0.2) is 63.4 Å². The quantitative estimate of drug-likeness (QED) is 0.518. The maximum absolute atomic E-state index is 10.4. The van der Waals surface area contributed by atoms with E-state index in [0.29, 0.717) is 6.04 Å². The van der Waals surface area contributed by atoms with Gasteiger partial charge in [-0.1, -0.05) is 0 Å². The summed E-state index contributed by atoms with van der Waals surface area (Å²) in [7, 11) is 1.87. The molecule has 0 spiro atoms. The van der Waals surface area contributed by atoms with Gasteiger partial charge < -0.3 is 21.1 Å². The minimum Gasteiger partial charge on any atom is -0.480 e. The molecule has 0 radical (unpaired) electrons. The molecular formula is C11H22N2O5. The Kier molecular flexibility index (Phi) is 6.82. The van der Waals surface area contributed by atoms with Crippen LogP contribution in [0.4, 0.5) is 0 Å². The normalized spacial score (nSPS) is 19.4. The molecule has 0 aliphatic heterocycles. The van der Waals surface area contributed by atoms with Gasteiger partial charge in [0, 0.05) is 6.04 Å². The maximum atomic E-state index is 10.4. The number of nitrogens with zero attached hydrogens (tertiary/aromatic N) is 1. The average molecular weight is 262 g/mol. The van der Waals surface area contributed by atoms with Crippen molar-refractivity contribution in [2.75, 3.05) is 7.05 Å². The van der Waals surface area contributed by atoms with Gasteiger partial charge >= 0.3 is 11.9 Å². The molecule has 0 aromatic carbocycles. The Morgan fingerprint density at radius 1 is 1.22 bits per heavy atom. The number of aliphatic hydroxyl groups excluding tert-OH is 1. The number of hydrogen-bond donors (Lipinski definition) is 4. The molecule has 0 aromatic heterocycles. The van der Waals surface area contributed by atoms with Gasteiger partial charge in [-0.25, -0.2) is 0 Å². The van der Waals surface area contributed by atoms with Crippen molar-refractivity contribution in [3.8, 4) is 0 Å². The third-order valence-electron chi connectivity index (χ3n) is 2.90. The second kappa shape index (κ2) is 7.30. The van der Waals surface area contributed by atoms with Gasteiger partial charge in [0.1, 0.15) is 12.1 Å². The highest BCUT2D eigenvalue weighted by Gasteiger charge is 2.31. The molecule has 3 unspecified atom stereocenters. The molecule has 1 rings (SSSR count). The fourth-order valence-corrected chi connectivity index (χ4v) is 1.18. The maximum Gasteiger partial charge on any atom is 0.323 e. The first-order valence-corrected chi connectivity index (χ1v) is 5.79. The lowest BCUT2D eigenvalue weighted by molar-refractivity contribution is -0.142. The first kappa shape index (κ1) is 16.8. The van der Waals surface area contributed by atoms with Crippen LogP contribution in [0.3, 0.4) is 0 Å². The predicted molar refractivity (Wildman–Crippen MR) is 65.2 cm³/mol. The van der Waals surface area contributed by atoms with Gasteiger partial charge in [0.25, 0.3) is 0 Å². The van der Waals surface area contributed by atoms with Crippen LogP contribution in [0.1, 0.15) is 26.7 Å². The standard InChI is InChI=1S/C7H13NO2.C4H9NO3/c1-5(7(9)10)8(2)6-3-4-6;1-2(6)3(5)4(7)8/h5-6H,3-4H2,1-2H3,(H,9,10);2-3,6H,5H2,1H3,(H,7,8). The molecule has 18 heavy (non-hydrogen) atoms. The van der Waals surface area contributed by atoms with Gasteiger partial charge in [-0.05, 0) is 33.7 Å². The number of carboxylic acids is 2. The molecule has 5 N–H and O–H groups in total. The highest BCUT2D eigenvalue weighted by atomic mass is 16.4. The Balaban J connectivity index is 0.000000331. The van der Waals surface area contributed by atoms with Crippen LogP contribution in [0, 0.1) is 0 Å². The smallest absolute Gasteiger partial charge is 0.323 e. The third-order valence-corrected chi connectivity index (χ3v) is 2.90. The van der Waals surface area contributed by atoms with Crippen LogP contribution in [0.2, 0.25) is 0 Å². The van der Waals surface area contributed by atoms with Crippen molar-refractivity contribution in [2.45, 2.75) is 50.9 Å². The fourth-order valence-electron chi connectivity index (χ4n) is 1.18. The van der Waals surface area contributed by atoms with Gasteiger partial charge in [-0.15, -0.1) is 0 Å². The molecule has 3 atom stereocenters. The number of aliphatic hydroxyl groups is 1. The third kappa shape index (κ3) is 5.95. The van der Waals surface area contributed by atoms with Crippen LogP contribution in [0.25, 0.3) is 0 Å². The molecule has 0 aromatic rings. The van der Waals surface area contributed by atoms with Crippen LogP contribution in [0.5, 0.6) is 0 Å². The predicted octanol–water partition coefficient (Wildman–Crippen LogP) is -0.667. The van der Waals surface area contributed by atoms with Crippen molar-refractivity contribution < 1.29 is 24.9 Å². The van der Waals surface area contributed by atoms with E-state index in [0.717, 1.165) is 12.8 Å². The van der Waals surface area contributed by atoms with E-state index in [1.165, 1.54) is 6.92 Å². The fraction of sp³-hybridized carbons (Fsp3) is 0.818. The Labute approximate surface area is 106 Å². The Morgan fingerprint density at radius 2 is 1.67 bits per heavy atom. The summed E-state index contributed by atoms with van der Waals surface area (Å²) >= 11 is 0. The van der Waals surface area contributed by atoms with E-state index in [2.05, 4.69) is 0 Å². The summed E-state index contributed by atoms with van der Waals surface area (Å²) in [5.74, 6) is -1.91. The SMILES string of the molecule is CC(C(=O)O)N(C)C1CC1.CC(O)C(N)C(=O)O. The first-order valence-electron chi connectivity index (χ1n) is 5.79. The van der Waals surface area contributed by atoms with E-state index in [-0.39, 0.29) is 6.04 Å². The summed E-state index contributed by atoms with van der Waals surface area (Å²) in [6.07, 6.45) is 1.34. The summed E-state index contributed by atoms with van der Waals surface area (Å²) < 4.78 is 0. The number of hydrogen-bond acceptors (Lipinski definition) is 5. The van der Waals surface area contributed by atoms with Crippen molar-refractivity contribution in [1.82, 2.24) is 4.90 Å². The number of nitrogens with two attached hydrogens (primary N) is 1. The monoisotopic (exact) mass is 262 g/mol. The van der Waals surface area contributed by atoms with Crippen molar-refractivity contribution >= 4 is 11.9 Å². The van der Waals surface area contributed by atoms with E-state index < -0.39 is 24.1 Å². The summed E-state index contributed by atoms with van der Waals surface area (Å²) in [6.45, 7) is 3.06. The molecule has 106 valence electrons. The number of aliphatic carboxylic acids is 2. The van der Waals surface area contributed by atoms with E-state index in [1.54, 1.807) is 6.92 Å². The minimum absolute atomic E-state index is 0.326. The summed E-state index contributed by atoms with van der Waals surface area (Å²) in [5, 5.41) is 25.1. The largest absolute Gasteiger partial charge is 0.480 e. The van der Waals surface area contributed by atoms with Crippen LogP contribution >= 0.6 is 0 Å². The van der Waals surface area contributed by atoms with Gasteiger partial charge in [-0.3, -0.25) is 14.5 Å². The lowest BCUT2D eigenvalue weighted by Gasteiger charge is -2.19. The number of rotatable bonds is 5. The lowest BCUT2D eigenvalue weighted by Crippen LogP contribution is -2.39. The second-order valence-electron chi connectivity index (χ2n) is 4.52. The Morgan fingerprint density at radius 3 is 1.83 bits per heavy atom. The molecule has 7 heteroatoms. The molecule has 0 bridgehead atoms. The van der Waals surface area contributed by atoms with Crippen molar-refractivity contribution in [3.05, 3.63) is 0 Å². The average Bonchev–Trinajstić information content (AvgIpc) is 3.10. The molecule has 1 fully saturated rings.